The first-order valence-corrected chi connectivity index (χ1v) is 7.86. The lowest BCUT2D eigenvalue weighted by molar-refractivity contribution is 0.310. The lowest BCUT2D eigenvalue weighted by Crippen LogP contribution is -1.85. The molecule has 0 N–H and O–H groups in total. The third kappa shape index (κ3) is 7.60. The molecule has 0 spiro atoms. The summed E-state index contributed by atoms with van der Waals surface area (Å²) in [4.78, 5) is 0. The van der Waals surface area contributed by atoms with E-state index in [1.807, 2.05) is 30.3 Å². The first-order valence-electron chi connectivity index (χ1n) is 7.86. The Balaban J connectivity index is 2.43. The molecule has 1 aromatic rings. The summed E-state index contributed by atoms with van der Waals surface area (Å²) in [5, 5.41) is 0. The van der Waals surface area contributed by atoms with Gasteiger partial charge in [0.15, 0.2) is 0 Å². The van der Waals surface area contributed by atoms with Gasteiger partial charge in [-0.3, -0.25) is 0 Å². The van der Waals surface area contributed by atoms with Crippen molar-refractivity contribution < 1.29 is 9.47 Å². The summed E-state index contributed by atoms with van der Waals surface area (Å²) in [6, 6.07) is 7.96. The minimum Gasteiger partial charge on any atom is -0.497 e. The van der Waals surface area contributed by atoms with Crippen LogP contribution in [0.5, 0.6) is 5.75 Å². The fourth-order valence-corrected chi connectivity index (χ4v) is 2.10. The number of allylic oxidation sites excluding steroid dienone is 2. The molecule has 0 saturated carbocycles. The van der Waals surface area contributed by atoms with Crippen LogP contribution in [0.25, 0.3) is 6.08 Å². The minimum atomic E-state index is 0.869. The van der Waals surface area contributed by atoms with E-state index in [9.17, 15) is 0 Å². The fraction of sp³-hybridized carbons (Fsp3) is 0.474. The standard InChI is InChI=1S/C19H28O2/c1-4-5-6-7-8-9-10-11-19(21-3)16-17-12-14-18(20-2)15-13-17/h10-16H,4-9H2,1-3H3/b11-10+,19-16+. The second-order valence-electron chi connectivity index (χ2n) is 5.13. The van der Waals surface area contributed by atoms with Gasteiger partial charge in [0.25, 0.3) is 0 Å². The number of hydrogen-bond acceptors (Lipinski definition) is 2. The highest BCUT2D eigenvalue weighted by Crippen LogP contribution is 2.15. The van der Waals surface area contributed by atoms with Crippen molar-refractivity contribution >= 4 is 6.08 Å². The smallest absolute Gasteiger partial charge is 0.119 e. The van der Waals surface area contributed by atoms with Gasteiger partial charge in [0.2, 0.25) is 0 Å². The zero-order chi connectivity index (χ0) is 15.3. The van der Waals surface area contributed by atoms with Gasteiger partial charge in [0, 0.05) is 0 Å². The number of benzene rings is 1. The Bertz CT molecular complexity index is 429. The van der Waals surface area contributed by atoms with Gasteiger partial charge in [-0.25, -0.2) is 0 Å². The molecule has 2 nitrogen and oxygen atoms in total. The van der Waals surface area contributed by atoms with Crippen molar-refractivity contribution in [2.45, 2.75) is 45.4 Å². The Labute approximate surface area is 129 Å². The number of hydrogen-bond donors (Lipinski definition) is 0. The Morgan fingerprint density at radius 3 is 2.33 bits per heavy atom. The molecule has 0 fully saturated rings. The van der Waals surface area contributed by atoms with Gasteiger partial charge >= 0.3 is 0 Å². The van der Waals surface area contributed by atoms with Crippen LogP contribution in [0.2, 0.25) is 0 Å². The van der Waals surface area contributed by atoms with Crippen LogP contribution < -0.4 is 4.74 Å². The molecule has 0 atom stereocenters. The minimum absolute atomic E-state index is 0.869. The highest BCUT2D eigenvalue weighted by Gasteiger charge is 1.94. The molecule has 0 aliphatic heterocycles. The van der Waals surface area contributed by atoms with Gasteiger partial charge in [0.05, 0.1) is 14.2 Å². The maximum absolute atomic E-state index is 5.40. The molecule has 1 rings (SSSR count). The van der Waals surface area contributed by atoms with E-state index in [2.05, 4.69) is 19.1 Å². The molecule has 2 heteroatoms. The molecule has 0 bridgehead atoms. The van der Waals surface area contributed by atoms with Gasteiger partial charge < -0.3 is 9.47 Å². The Kier molecular flexibility index (Phi) is 9.10. The van der Waals surface area contributed by atoms with Crippen LogP contribution >= 0.6 is 0 Å². The van der Waals surface area contributed by atoms with Gasteiger partial charge in [-0.1, -0.05) is 50.8 Å². The van der Waals surface area contributed by atoms with Crippen LogP contribution in [0.4, 0.5) is 0 Å². The molecule has 21 heavy (non-hydrogen) atoms. The van der Waals surface area contributed by atoms with Crippen LogP contribution in [0.3, 0.4) is 0 Å². The molecule has 0 aromatic heterocycles. The monoisotopic (exact) mass is 288 g/mol. The molecule has 0 heterocycles. The number of unbranched alkanes of at least 4 members (excludes halogenated alkanes) is 5. The highest BCUT2D eigenvalue weighted by molar-refractivity contribution is 5.54. The zero-order valence-electron chi connectivity index (χ0n) is 13.6. The van der Waals surface area contributed by atoms with E-state index >= 15 is 0 Å². The lowest BCUT2D eigenvalue weighted by Gasteiger charge is -2.03. The molecule has 0 aliphatic carbocycles. The van der Waals surface area contributed by atoms with E-state index in [0.717, 1.165) is 23.5 Å². The van der Waals surface area contributed by atoms with E-state index in [-0.39, 0.29) is 0 Å². The normalized spacial score (nSPS) is 11.9. The number of rotatable bonds is 10. The summed E-state index contributed by atoms with van der Waals surface area (Å²) >= 11 is 0. The molecular formula is C19H28O2. The van der Waals surface area contributed by atoms with Crippen LogP contribution in [-0.4, -0.2) is 14.2 Å². The van der Waals surface area contributed by atoms with Crippen molar-refractivity contribution in [3.8, 4) is 5.75 Å². The quantitative estimate of drug-likeness (QED) is 0.317. The molecule has 1 aromatic carbocycles. The number of ether oxygens (including phenoxy) is 2. The molecule has 0 unspecified atom stereocenters. The Morgan fingerprint density at radius 2 is 1.71 bits per heavy atom. The van der Waals surface area contributed by atoms with Crippen LogP contribution in [-0.2, 0) is 4.74 Å². The van der Waals surface area contributed by atoms with E-state index in [1.54, 1.807) is 14.2 Å². The third-order valence-corrected chi connectivity index (χ3v) is 3.42. The zero-order valence-corrected chi connectivity index (χ0v) is 13.6. The van der Waals surface area contributed by atoms with E-state index in [0.29, 0.717) is 0 Å². The van der Waals surface area contributed by atoms with Crippen molar-refractivity contribution in [3.63, 3.8) is 0 Å². The van der Waals surface area contributed by atoms with Crippen LogP contribution in [0.1, 0.15) is 51.0 Å². The molecule has 0 aliphatic rings. The Morgan fingerprint density at radius 1 is 1.00 bits per heavy atom. The largest absolute Gasteiger partial charge is 0.497 e. The number of methoxy groups -OCH3 is 2. The van der Waals surface area contributed by atoms with Crippen LogP contribution in [0, 0.1) is 0 Å². The van der Waals surface area contributed by atoms with Gasteiger partial charge in [-0.2, -0.15) is 0 Å². The third-order valence-electron chi connectivity index (χ3n) is 3.42. The lowest BCUT2D eigenvalue weighted by atomic mass is 10.1. The molecule has 0 amide bonds. The average molecular weight is 288 g/mol. The second-order valence-corrected chi connectivity index (χ2v) is 5.13. The summed E-state index contributed by atoms with van der Waals surface area (Å²) in [5.74, 6) is 1.75. The molecule has 116 valence electrons. The summed E-state index contributed by atoms with van der Waals surface area (Å²) in [6.45, 7) is 2.24. The Hall–Kier alpha value is -1.70. The van der Waals surface area contributed by atoms with Gasteiger partial charge in [-0.05, 0) is 42.7 Å². The summed E-state index contributed by atoms with van der Waals surface area (Å²) in [5.41, 5.74) is 1.11. The maximum Gasteiger partial charge on any atom is 0.119 e. The average Bonchev–Trinajstić information content (AvgIpc) is 2.53. The predicted octanol–water partition coefficient (Wildman–Crippen LogP) is 5.60. The van der Waals surface area contributed by atoms with Gasteiger partial charge in [-0.15, -0.1) is 0 Å². The van der Waals surface area contributed by atoms with Crippen molar-refractivity contribution in [3.05, 3.63) is 47.7 Å². The predicted molar refractivity (Wildman–Crippen MR) is 90.5 cm³/mol. The summed E-state index contributed by atoms with van der Waals surface area (Å²) < 4.78 is 10.6. The van der Waals surface area contributed by atoms with Crippen LogP contribution in [0.15, 0.2) is 42.2 Å². The molecular weight excluding hydrogens is 260 g/mol. The van der Waals surface area contributed by atoms with E-state index in [4.69, 9.17) is 9.47 Å². The van der Waals surface area contributed by atoms with Gasteiger partial charge in [0.1, 0.15) is 11.5 Å². The second kappa shape index (κ2) is 11.0. The fourth-order valence-electron chi connectivity index (χ4n) is 2.10. The molecule has 0 saturated heterocycles. The van der Waals surface area contributed by atoms with Crippen molar-refractivity contribution in [2.24, 2.45) is 0 Å². The highest BCUT2D eigenvalue weighted by atomic mass is 16.5. The SMILES string of the molecule is CCCCCCC/C=C/C(=C\c1ccc(OC)cc1)OC. The maximum atomic E-state index is 5.40. The van der Waals surface area contributed by atoms with Crippen molar-refractivity contribution in [1.29, 1.82) is 0 Å². The summed E-state index contributed by atoms with van der Waals surface area (Å²) in [7, 11) is 3.38. The van der Waals surface area contributed by atoms with E-state index in [1.165, 1.54) is 32.1 Å². The molecule has 0 radical (unpaired) electrons. The van der Waals surface area contributed by atoms with Crippen molar-refractivity contribution in [2.75, 3.05) is 14.2 Å². The topological polar surface area (TPSA) is 18.5 Å². The van der Waals surface area contributed by atoms with E-state index < -0.39 is 0 Å². The first kappa shape index (κ1) is 17.4. The summed E-state index contributed by atoms with van der Waals surface area (Å²) in [6.07, 6.45) is 14.0. The van der Waals surface area contributed by atoms with Crippen molar-refractivity contribution in [1.82, 2.24) is 0 Å². The first-order chi connectivity index (χ1) is 10.3.